The van der Waals surface area contributed by atoms with Crippen LogP contribution in [-0.2, 0) is 48.3 Å². The number of rotatable bonds is 14. The maximum atomic E-state index is 12.3. The van der Waals surface area contributed by atoms with Crippen molar-refractivity contribution >= 4 is 37.6 Å². The van der Waals surface area contributed by atoms with Crippen LogP contribution in [0.15, 0.2) is 12.2 Å². The first-order valence-electron chi connectivity index (χ1n) is 9.67. The molecule has 0 amide bonds. The summed E-state index contributed by atoms with van der Waals surface area (Å²) in [6.45, 7) is 10.3. The summed E-state index contributed by atoms with van der Waals surface area (Å²) in [5.74, 6) is -5.61. The van der Waals surface area contributed by atoms with Crippen molar-refractivity contribution in [1.29, 1.82) is 0 Å². The van der Waals surface area contributed by atoms with Crippen LogP contribution in [0.5, 0.6) is 0 Å². The van der Waals surface area contributed by atoms with Gasteiger partial charge in [-0.1, -0.05) is 34.3 Å². The zero-order valence-corrected chi connectivity index (χ0v) is 20.2. The van der Waals surface area contributed by atoms with E-state index in [4.69, 9.17) is 14.2 Å². The standard InChI is InChI=1S/C19H32O10S2/c1-13(2)17(20)27-7-9-30(23,24)11-16(29-19(22)15(5)6)12-31(25,26)10-8-28-18(21)14(3)4/h13-14,16H,5,7-12H2,1-4,6H3. The number of hydrogen-bond donors (Lipinski definition) is 0. The maximum absolute atomic E-state index is 12.3. The number of carbonyl (C=O) groups is 3. The Bertz CT molecular complexity index is 796. The van der Waals surface area contributed by atoms with E-state index in [1.165, 1.54) is 6.92 Å². The molecule has 0 radical (unpaired) electrons. The quantitative estimate of drug-likeness (QED) is 0.196. The van der Waals surface area contributed by atoms with Crippen LogP contribution in [0.3, 0.4) is 0 Å². The maximum Gasteiger partial charge on any atom is 0.333 e. The molecule has 0 spiro atoms. The van der Waals surface area contributed by atoms with E-state index in [0.29, 0.717) is 0 Å². The molecule has 0 saturated carbocycles. The van der Waals surface area contributed by atoms with Gasteiger partial charge in [0, 0.05) is 5.57 Å². The molecule has 0 N–H and O–H groups in total. The summed E-state index contributed by atoms with van der Waals surface area (Å²) in [5, 5.41) is 0. The summed E-state index contributed by atoms with van der Waals surface area (Å²) in [5.41, 5.74) is -0.0310. The second kappa shape index (κ2) is 12.8. The third-order valence-electron chi connectivity index (χ3n) is 3.72. The first-order valence-corrected chi connectivity index (χ1v) is 13.3. The average Bonchev–Trinajstić information content (AvgIpc) is 2.59. The van der Waals surface area contributed by atoms with Gasteiger partial charge in [-0.25, -0.2) is 21.6 Å². The van der Waals surface area contributed by atoms with Crippen molar-refractivity contribution in [3.8, 4) is 0 Å². The lowest BCUT2D eigenvalue weighted by Gasteiger charge is -2.18. The lowest BCUT2D eigenvalue weighted by Crippen LogP contribution is -2.36. The van der Waals surface area contributed by atoms with Crippen molar-refractivity contribution in [2.75, 3.05) is 36.2 Å². The smallest absolute Gasteiger partial charge is 0.333 e. The highest BCUT2D eigenvalue weighted by atomic mass is 32.2. The molecule has 0 aliphatic rings. The molecule has 0 fully saturated rings. The third-order valence-corrected chi connectivity index (χ3v) is 7.06. The number of carbonyl (C=O) groups excluding carboxylic acids is 3. The highest BCUT2D eigenvalue weighted by molar-refractivity contribution is 7.92. The molecule has 0 aliphatic heterocycles. The van der Waals surface area contributed by atoms with E-state index in [-0.39, 0.29) is 5.57 Å². The Labute approximate surface area is 184 Å². The van der Waals surface area contributed by atoms with E-state index >= 15 is 0 Å². The summed E-state index contributed by atoms with van der Waals surface area (Å²) >= 11 is 0. The van der Waals surface area contributed by atoms with Crippen LogP contribution in [0.4, 0.5) is 0 Å². The van der Waals surface area contributed by atoms with Crippen molar-refractivity contribution in [3.63, 3.8) is 0 Å². The summed E-state index contributed by atoms with van der Waals surface area (Å²) in [7, 11) is -7.85. The van der Waals surface area contributed by atoms with Gasteiger partial charge < -0.3 is 14.2 Å². The van der Waals surface area contributed by atoms with Crippen LogP contribution in [0, 0.1) is 11.8 Å². The summed E-state index contributed by atoms with van der Waals surface area (Å²) in [4.78, 5) is 34.7. The fourth-order valence-corrected chi connectivity index (χ4v) is 4.63. The zero-order valence-electron chi connectivity index (χ0n) is 18.6. The third kappa shape index (κ3) is 13.1. The van der Waals surface area contributed by atoms with Crippen molar-refractivity contribution in [2.45, 2.75) is 40.7 Å². The number of esters is 3. The van der Waals surface area contributed by atoms with Gasteiger partial charge in [-0.15, -0.1) is 0 Å². The molecule has 0 saturated heterocycles. The highest BCUT2D eigenvalue weighted by Gasteiger charge is 2.29. The molecule has 180 valence electrons. The van der Waals surface area contributed by atoms with Gasteiger partial charge in [0.25, 0.3) is 0 Å². The van der Waals surface area contributed by atoms with Crippen LogP contribution in [0.2, 0.25) is 0 Å². The Morgan fingerprint density at radius 3 is 1.42 bits per heavy atom. The van der Waals surface area contributed by atoms with Crippen LogP contribution < -0.4 is 0 Å². The van der Waals surface area contributed by atoms with Gasteiger partial charge in [0.2, 0.25) is 0 Å². The van der Waals surface area contributed by atoms with Crippen molar-refractivity contribution in [1.82, 2.24) is 0 Å². The molecule has 0 unspecified atom stereocenters. The monoisotopic (exact) mass is 484 g/mol. The van der Waals surface area contributed by atoms with Gasteiger partial charge in [-0.3, -0.25) is 9.59 Å². The normalized spacial score (nSPS) is 12.1. The molecule has 0 heterocycles. The Hall–Kier alpha value is -1.95. The van der Waals surface area contributed by atoms with Gasteiger partial charge in [0.1, 0.15) is 19.3 Å². The first kappa shape index (κ1) is 29.1. The SMILES string of the molecule is C=C(C)C(=O)OC(CS(=O)(=O)CCOC(=O)C(C)C)CS(=O)(=O)CCOC(=O)C(C)C. The molecule has 0 aromatic heterocycles. The molecule has 0 aromatic rings. The number of hydrogen-bond acceptors (Lipinski definition) is 10. The summed E-state index contributed by atoms with van der Waals surface area (Å²) in [6, 6.07) is 0. The predicted octanol–water partition coefficient (Wildman–Crippen LogP) is 0.702. The largest absolute Gasteiger partial charge is 0.464 e. The number of ether oxygens (including phenoxy) is 3. The van der Waals surface area contributed by atoms with Crippen molar-refractivity contribution in [2.24, 2.45) is 11.8 Å². The van der Waals surface area contributed by atoms with Gasteiger partial charge in [-0.2, -0.15) is 0 Å². The Kier molecular flexibility index (Phi) is 12.0. The topological polar surface area (TPSA) is 147 Å². The molecular formula is C19H32O10S2. The predicted molar refractivity (Wildman–Crippen MR) is 114 cm³/mol. The number of sulfone groups is 2. The molecule has 31 heavy (non-hydrogen) atoms. The van der Waals surface area contributed by atoms with Crippen molar-refractivity contribution in [3.05, 3.63) is 12.2 Å². The molecule has 0 aliphatic carbocycles. The molecule has 0 aromatic carbocycles. The van der Waals surface area contributed by atoms with E-state index in [9.17, 15) is 31.2 Å². The van der Waals surface area contributed by atoms with Crippen LogP contribution in [-0.4, -0.2) is 77.1 Å². The minimum atomic E-state index is -3.92. The first-order chi connectivity index (χ1) is 14.1. The molecular weight excluding hydrogens is 452 g/mol. The lowest BCUT2D eigenvalue weighted by molar-refractivity contribution is -0.147. The summed E-state index contributed by atoms with van der Waals surface area (Å²) in [6.07, 6.45) is -1.50. The Morgan fingerprint density at radius 2 is 1.13 bits per heavy atom. The highest BCUT2D eigenvalue weighted by Crippen LogP contribution is 2.09. The van der Waals surface area contributed by atoms with E-state index in [0.717, 1.165) is 0 Å². The minimum absolute atomic E-state index is 0.0310. The second-order valence-corrected chi connectivity index (χ2v) is 12.1. The summed E-state index contributed by atoms with van der Waals surface area (Å²) < 4.78 is 64.0. The fraction of sp³-hybridized carbons (Fsp3) is 0.737. The van der Waals surface area contributed by atoms with Crippen LogP contribution >= 0.6 is 0 Å². The van der Waals surface area contributed by atoms with E-state index < -0.39 is 91.7 Å². The molecule has 0 bridgehead atoms. The van der Waals surface area contributed by atoms with Crippen LogP contribution in [0.25, 0.3) is 0 Å². The van der Waals surface area contributed by atoms with E-state index in [1.807, 2.05) is 0 Å². The van der Waals surface area contributed by atoms with Crippen molar-refractivity contribution < 1.29 is 45.4 Å². The van der Waals surface area contributed by atoms with E-state index in [1.54, 1.807) is 27.7 Å². The second-order valence-electron chi connectivity index (χ2n) is 7.68. The minimum Gasteiger partial charge on any atom is -0.464 e. The van der Waals surface area contributed by atoms with Gasteiger partial charge in [0.15, 0.2) is 19.7 Å². The molecule has 12 heteroatoms. The zero-order chi connectivity index (χ0) is 24.4. The molecule has 10 nitrogen and oxygen atoms in total. The Morgan fingerprint density at radius 1 is 0.774 bits per heavy atom. The van der Waals surface area contributed by atoms with Crippen LogP contribution in [0.1, 0.15) is 34.6 Å². The fourth-order valence-electron chi connectivity index (χ4n) is 1.97. The van der Waals surface area contributed by atoms with Gasteiger partial charge in [-0.05, 0) is 6.92 Å². The molecule has 0 atom stereocenters. The Balaban J connectivity index is 5.13. The average molecular weight is 485 g/mol. The lowest BCUT2D eigenvalue weighted by atomic mass is 10.2. The molecule has 0 rings (SSSR count). The van der Waals surface area contributed by atoms with Gasteiger partial charge >= 0.3 is 17.9 Å². The van der Waals surface area contributed by atoms with E-state index in [2.05, 4.69) is 6.58 Å². The van der Waals surface area contributed by atoms with Gasteiger partial charge in [0.05, 0.1) is 34.8 Å².